The van der Waals surface area contributed by atoms with Gasteiger partial charge in [-0.3, -0.25) is 18.6 Å². The summed E-state index contributed by atoms with van der Waals surface area (Å²) in [5, 5.41) is 13.2. The molecule has 0 radical (unpaired) electrons. The standard InChI is InChI=1S/C19H19N5O3S/c1-3-23-18(26)17-14(10-11-28-17)24-15(21-22-19(23)24)8-9-16(25)20-12-4-6-13(27-2)7-5-12/h4-7,10-11H,3,8-9H2,1-2H3,(H,20,25). The van der Waals surface area contributed by atoms with Crippen molar-refractivity contribution in [3.05, 3.63) is 51.9 Å². The molecule has 28 heavy (non-hydrogen) atoms. The lowest BCUT2D eigenvalue weighted by Crippen LogP contribution is -2.21. The molecule has 144 valence electrons. The third-order valence-corrected chi connectivity index (χ3v) is 5.44. The van der Waals surface area contributed by atoms with Gasteiger partial charge in [0.2, 0.25) is 11.7 Å². The molecule has 0 atom stereocenters. The largest absolute Gasteiger partial charge is 0.497 e. The number of nitrogens with one attached hydrogen (secondary N) is 1. The normalized spacial score (nSPS) is 11.2. The maximum atomic E-state index is 12.6. The predicted octanol–water partition coefficient (Wildman–Crippen LogP) is 2.71. The van der Waals surface area contributed by atoms with E-state index in [0.29, 0.717) is 35.0 Å². The van der Waals surface area contributed by atoms with E-state index in [-0.39, 0.29) is 17.9 Å². The van der Waals surface area contributed by atoms with E-state index < -0.39 is 0 Å². The summed E-state index contributed by atoms with van der Waals surface area (Å²) in [6.45, 7) is 2.41. The number of methoxy groups -OCH3 is 1. The summed E-state index contributed by atoms with van der Waals surface area (Å²) in [4.78, 5) is 24.9. The third-order valence-electron chi connectivity index (χ3n) is 4.54. The molecule has 0 spiro atoms. The number of carbonyl (C=O) groups is 1. The first-order chi connectivity index (χ1) is 13.6. The maximum Gasteiger partial charge on any atom is 0.272 e. The van der Waals surface area contributed by atoms with E-state index in [1.165, 1.54) is 11.3 Å². The molecule has 0 aliphatic heterocycles. The van der Waals surface area contributed by atoms with Crippen LogP contribution in [0.3, 0.4) is 0 Å². The smallest absolute Gasteiger partial charge is 0.272 e. The molecule has 0 aliphatic rings. The van der Waals surface area contributed by atoms with Crippen LogP contribution in [0.5, 0.6) is 5.75 Å². The summed E-state index contributed by atoms with van der Waals surface area (Å²) in [5.41, 5.74) is 1.43. The number of carbonyl (C=O) groups excluding carboxylic acids is 1. The lowest BCUT2D eigenvalue weighted by atomic mass is 10.2. The Kier molecular flexibility index (Phi) is 4.82. The molecule has 0 saturated heterocycles. The van der Waals surface area contributed by atoms with E-state index in [1.54, 1.807) is 35.9 Å². The number of rotatable bonds is 6. The van der Waals surface area contributed by atoms with E-state index in [2.05, 4.69) is 15.5 Å². The minimum absolute atomic E-state index is 0.0591. The molecule has 3 heterocycles. The second-order valence-corrected chi connectivity index (χ2v) is 7.13. The van der Waals surface area contributed by atoms with Gasteiger partial charge in [0.25, 0.3) is 5.56 Å². The molecule has 4 rings (SSSR count). The second kappa shape index (κ2) is 7.43. The van der Waals surface area contributed by atoms with Crippen LogP contribution >= 0.6 is 11.3 Å². The zero-order chi connectivity index (χ0) is 19.7. The van der Waals surface area contributed by atoms with E-state index in [0.717, 1.165) is 11.3 Å². The number of aromatic nitrogens is 4. The fraction of sp³-hybridized carbons (Fsp3) is 0.263. The number of aryl methyl sites for hydroxylation is 2. The van der Waals surface area contributed by atoms with Crippen molar-refractivity contribution >= 4 is 38.9 Å². The number of benzene rings is 1. The van der Waals surface area contributed by atoms with Gasteiger partial charge in [-0.2, -0.15) is 0 Å². The molecule has 1 aromatic carbocycles. The average molecular weight is 397 g/mol. The molecule has 0 saturated carbocycles. The van der Waals surface area contributed by atoms with Crippen LogP contribution in [0.25, 0.3) is 16.0 Å². The van der Waals surface area contributed by atoms with Gasteiger partial charge < -0.3 is 10.1 Å². The minimum atomic E-state index is -0.118. The van der Waals surface area contributed by atoms with Gasteiger partial charge in [0.15, 0.2) is 0 Å². The molecule has 0 unspecified atom stereocenters. The third kappa shape index (κ3) is 3.13. The van der Waals surface area contributed by atoms with Crippen LogP contribution < -0.4 is 15.6 Å². The molecule has 0 bridgehead atoms. The van der Waals surface area contributed by atoms with Gasteiger partial charge in [-0.05, 0) is 42.6 Å². The van der Waals surface area contributed by atoms with Crippen LogP contribution in [-0.4, -0.2) is 32.2 Å². The highest BCUT2D eigenvalue weighted by molar-refractivity contribution is 7.17. The summed E-state index contributed by atoms with van der Waals surface area (Å²) < 4.78 is 9.25. The molecule has 8 nitrogen and oxygen atoms in total. The number of thiophene rings is 1. The minimum Gasteiger partial charge on any atom is -0.497 e. The first kappa shape index (κ1) is 18.2. The summed E-state index contributed by atoms with van der Waals surface area (Å²) in [7, 11) is 1.60. The molecule has 3 aromatic heterocycles. The van der Waals surface area contributed by atoms with Gasteiger partial charge >= 0.3 is 0 Å². The van der Waals surface area contributed by atoms with Crippen molar-refractivity contribution in [2.24, 2.45) is 0 Å². The van der Waals surface area contributed by atoms with Gasteiger partial charge in [0.05, 0.1) is 12.6 Å². The van der Waals surface area contributed by atoms with Crippen molar-refractivity contribution in [1.82, 2.24) is 19.2 Å². The molecule has 1 amide bonds. The molecule has 1 N–H and O–H groups in total. The molecule has 9 heteroatoms. The second-order valence-electron chi connectivity index (χ2n) is 6.21. The SMILES string of the molecule is CCn1c(=O)c2sccc2n2c(CCC(=O)Nc3ccc(OC)cc3)nnc12. The van der Waals surface area contributed by atoms with Crippen molar-refractivity contribution in [1.29, 1.82) is 0 Å². The lowest BCUT2D eigenvalue weighted by Gasteiger charge is -2.08. The molecule has 4 aromatic rings. The van der Waals surface area contributed by atoms with E-state index in [9.17, 15) is 9.59 Å². The topological polar surface area (TPSA) is 90.5 Å². The number of hydrogen-bond acceptors (Lipinski definition) is 6. The van der Waals surface area contributed by atoms with Crippen LogP contribution in [0.1, 0.15) is 19.2 Å². The van der Waals surface area contributed by atoms with E-state index in [4.69, 9.17) is 4.74 Å². The average Bonchev–Trinajstić information content (AvgIpc) is 3.34. The van der Waals surface area contributed by atoms with Crippen LogP contribution in [0.15, 0.2) is 40.5 Å². The van der Waals surface area contributed by atoms with Gasteiger partial charge in [0.1, 0.15) is 16.3 Å². The van der Waals surface area contributed by atoms with Gasteiger partial charge in [-0.1, -0.05) is 0 Å². The van der Waals surface area contributed by atoms with Crippen LogP contribution in [-0.2, 0) is 17.8 Å². The fourth-order valence-electron chi connectivity index (χ4n) is 3.15. The summed E-state index contributed by atoms with van der Waals surface area (Å²) in [6, 6.07) is 9.05. The predicted molar refractivity (Wildman–Crippen MR) is 108 cm³/mol. The van der Waals surface area contributed by atoms with Crippen molar-refractivity contribution in [3.8, 4) is 5.75 Å². The summed E-state index contributed by atoms with van der Waals surface area (Å²) >= 11 is 1.40. The highest BCUT2D eigenvalue weighted by atomic mass is 32.1. The van der Waals surface area contributed by atoms with E-state index in [1.807, 2.05) is 22.8 Å². The Morgan fingerprint density at radius 1 is 1.21 bits per heavy atom. The summed E-state index contributed by atoms with van der Waals surface area (Å²) in [6.07, 6.45) is 0.666. The number of nitrogens with zero attached hydrogens (tertiary/aromatic N) is 4. The Balaban J connectivity index is 1.57. The highest BCUT2D eigenvalue weighted by Gasteiger charge is 2.17. The van der Waals surface area contributed by atoms with Crippen LogP contribution in [0, 0.1) is 0 Å². The number of hydrogen-bond donors (Lipinski definition) is 1. The summed E-state index contributed by atoms with van der Waals surface area (Å²) in [5.74, 6) is 1.77. The number of amides is 1. The van der Waals surface area contributed by atoms with Gasteiger partial charge in [-0.15, -0.1) is 21.5 Å². The highest BCUT2D eigenvalue weighted by Crippen LogP contribution is 2.20. The Hall–Kier alpha value is -3.20. The zero-order valence-corrected chi connectivity index (χ0v) is 16.3. The van der Waals surface area contributed by atoms with Crippen molar-refractivity contribution in [3.63, 3.8) is 0 Å². The van der Waals surface area contributed by atoms with E-state index >= 15 is 0 Å². The van der Waals surface area contributed by atoms with Crippen LogP contribution in [0.4, 0.5) is 5.69 Å². The number of ether oxygens (including phenoxy) is 1. The number of fused-ring (bicyclic) bond motifs is 3. The quantitative estimate of drug-likeness (QED) is 0.540. The Bertz CT molecular complexity index is 1210. The monoisotopic (exact) mass is 397 g/mol. The molecule has 0 aliphatic carbocycles. The number of anilines is 1. The van der Waals surface area contributed by atoms with Crippen molar-refractivity contribution in [2.75, 3.05) is 12.4 Å². The van der Waals surface area contributed by atoms with Crippen molar-refractivity contribution in [2.45, 2.75) is 26.3 Å². The lowest BCUT2D eigenvalue weighted by molar-refractivity contribution is -0.116. The Morgan fingerprint density at radius 3 is 2.71 bits per heavy atom. The maximum absolute atomic E-state index is 12.6. The molecular formula is C19H19N5O3S. The Labute approximate surface area is 164 Å². The molecular weight excluding hydrogens is 378 g/mol. The van der Waals surface area contributed by atoms with Crippen LogP contribution in [0.2, 0.25) is 0 Å². The zero-order valence-electron chi connectivity index (χ0n) is 15.5. The van der Waals surface area contributed by atoms with Crippen molar-refractivity contribution < 1.29 is 9.53 Å². The fourth-order valence-corrected chi connectivity index (χ4v) is 3.97. The van der Waals surface area contributed by atoms with Gasteiger partial charge in [-0.25, -0.2) is 0 Å². The van der Waals surface area contributed by atoms with Gasteiger partial charge in [0, 0.05) is 25.1 Å². The Morgan fingerprint density at radius 2 is 2.00 bits per heavy atom. The first-order valence-electron chi connectivity index (χ1n) is 8.90. The first-order valence-corrected chi connectivity index (χ1v) is 9.78. The molecule has 0 fully saturated rings.